The summed E-state index contributed by atoms with van der Waals surface area (Å²) < 4.78 is 43.5. The van der Waals surface area contributed by atoms with E-state index in [2.05, 4.69) is 30.1 Å². The van der Waals surface area contributed by atoms with E-state index in [0.717, 1.165) is 0 Å². The van der Waals surface area contributed by atoms with Gasteiger partial charge in [0.1, 0.15) is 11.3 Å². The monoisotopic (exact) mass is 400 g/mol. The lowest BCUT2D eigenvalue weighted by atomic mass is 10.1. The second kappa shape index (κ2) is 7.19. The molecule has 0 saturated carbocycles. The number of carbonyl (C=O) groups excluding carboxylic acids is 1. The first-order valence-corrected chi connectivity index (χ1v) is 8.18. The normalized spacial score (nSPS) is 11.4. The lowest BCUT2D eigenvalue weighted by molar-refractivity contribution is -0.274. The number of ether oxygens (including phenoxy) is 1. The van der Waals surface area contributed by atoms with E-state index >= 15 is 0 Å². The second-order valence-corrected chi connectivity index (χ2v) is 5.71. The highest BCUT2D eigenvalue weighted by atomic mass is 19.4. The third-order valence-electron chi connectivity index (χ3n) is 3.79. The van der Waals surface area contributed by atoms with E-state index in [1.807, 2.05) is 0 Å². The van der Waals surface area contributed by atoms with E-state index in [0.29, 0.717) is 0 Å². The summed E-state index contributed by atoms with van der Waals surface area (Å²) in [6, 6.07) is 8.67. The summed E-state index contributed by atoms with van der Waals surface area (Å²) in [4.78, 5) is 24.7. The van der Waals surface area contributed by atoms with Gasteiger partial charge in [-0.25, -0.2) is 19.5 Å². The molecule has 1 aromatic carbocycles. The lowest BCUT2D eigenvalue weighted by Crippen LogP contribution is -2.17. The molecular formula is C18H11F3N6O2. The van der Waals surface area contributed by atoms with Crippen LogP contribution >= 0.6 is 0 Å². The molecule has 1 N–H and O–H groups in total. The number of carbonyl (C=O) groups is 1. The quantitative estimate of drug-likeness (QED) is 0.565. The first-order valence-electron chi connectivity index (χ1n) is 8.18. The van der Waals surface area contributed by atoms with Crippen LogP contribution in [0.5, 0.6) is 5.75 Å². The van der Waals surface area contributed by atoms with Crippen LogP contribution in [0.15, 0.2) is 61.2 Å². The molecular weight excluding hydrogens is 389 g/mol. The minimum absolute atomic E-state index is 0.0944. The van der Waals surface area contributed by atoms with Crippen molar-refractivity contribution in [2.24, 2.45) is 0 Å². The van der Waals surface area contributed by atoms with E-state index in [9.17, 15) is 18.0 Å². The first kappa shape index (κ1) is 18.3. The van der Waals surface area contributed by atoms with Gasteiger partial charge >= 0.3 is 6.36 Å². The van der Waals surface area contributed by atoms with Crippen LogP contribution in [-0.2, 0) is 0 Å². The van der Waals surface area contributed by atoms with Crippen LogP contribution in [0.1, 0.15) is 10.4 Å². The third kappa shape index (κ3) is 3.98. The van der Waals surface area contributed by atoms with Gasteiger partial charge in [-0.3, -0.25) is 10.1 Å². The largest absolute Gasteiger partial charge is 0.573 e. The molecule has 0 radical (unpaired) electrons. The maximum Gasteiger partial charge on any atom is 0.573 e. The minimum Gasteiger partial charge on any atom is -0.405 e. The van der Waals surface area contributed by atoms with Gasteiger partial charge < -0.3 is 4.74 Å². The molecule has 8 nitrogen and oxygen atoms in total. The van der Waals surface area contributed by atoms with Crippen molar-refractivity contribution in [3.63, 3.8) is 0 Å². The van der Waals surface area contributed by atoms with Crippen LogP contribution in [-0.4, -0.2) is 36.8 Å². The van der Waals surface area contributed by atoms with Gasteiger partial charge in [-0.1, -0.05) is 12.1 Å². The highest BCUT2D eigenvalue weighted by Gasteiger charge is 2.32. The maximum absolute atomic E-state index is 12.7. The molecule has 0 aliphatic heterocycles. The van der Waals surface area contributed by atoms with Crippen molar-refractivity contribution < 1.29 is 22.7 Å². The zero-order chi connectivity index (χ0) is 20.4. The Hall–Kier alpha value is -4.02. The number of amides is 1. The molecule has 1 amide bonds. The summed E-state index contributed by atoms with van der Waals surface area (Å²) in [6.45, 7) is 0. The summed E-state index contributed by atoms with van der Waals surface area (Å²) in [5.74, 6) is -0.868. The smallest absolute Gasteiger partial charge is 0.405 e. The molecule has 0 spiro atoms. The highest BCUT2D eigenvalue weighted by Crippen LogP contribution is 2.33. The number of hydrogen-bond acceptors (Lipinski definition) is 6. The Labute approximate surface area is 161 Å². The van der Waals surface area contributed by atoms with Crippen molar-refractivity contribution in [1.82, 2.24) is 24.6 Å². The van der Waals surface area contributed by atoms with Crippen molar-refractivity contribution in [2.45, 2.75) is 6.36 Å². The predicted octanol–water partition coefficient (Wildman–Crippen LogP) is 3.34. The fourth-order valence-electron chi connectivity index (χ4n) is 2.60. The SMILES string of the molecule is O=C(Nc1ncccn1)c1cnn2ccc(-c3ccccc3OC(F)(F)F)nc12. The van der Waals surface area contributed by atoms with Crippen LogP contribution in [0.2, 0.25) is 0 Å². The molecule has 11 heteroatoms. The molecule has 0 saturated heterocycles. The van der Waals surface area contributed by atoms with Gasteiger partial charge in [0.15, 0.2) is 5.65 Å². The van der Waals surface area contributed by atoms with Crippen LogP contribution in [0.4, 0.5) is 19.1 Å². The highest BCUT2D eigenvalue weighted by molar-refractivity contribution is 6.07. The van der Waals surface area contributed by atoms with Crippen LogP contribution in [0, 0.1) is 0 Å². The van der Waals surface area contributed by atoms with Crippen molar-refractivity contribution in [2.75, 3.05) is 5.32 Å². The molecule has 3 aromatic heterocycles. The van der Waals surface area contributed by atoms with E-state index in [-0.39, 0.29) is 28.4 Å². The number of halogens is 3. The number of rotatable bonds is 4. The number of hydrogen-bond donors (Lipinski definition) is 1. The van der Waals surface area contributed by atoms with Crippen molar-refractivity contribution in [3.05, 3.63) is 66.7 Å². The molecule has 0 fully saturated rings. The number of anilines is 1. The maximum atomic E-state index is 12.7. The second-order valence-electron chi connectivity index (χ2n) is 5.71. The molecule has 0 atom stereocenters. The van der Waals surface area contributed by atoms with Gasteiger partial charge in [0.05, 0.1) is 11.9 Å². The fourth-order valence-corrected chi connectivity index (χ4v) is 2.60. The first-order chi connectivity index (χ1) is 13.9. The molecule has 4 rings (SSSR count). The Kier molecular flexibility index (Phi) is 4.55. The number of benzene rings is 1. The minimum atomic E-state index is -4.85. The average Bonchev–Trinajstić information content (AvgIpc) is 3.11. The standard InChI is InChI=1S/C18H11F3N6O2/c19-18(20,21)29-14-5-2-1-4-11(14)13-6-9-27-15(25-13)12(10-24-27)16(28)26-17-22-7-3-8-23-17/h1-10H,(H,22,23,26,28). The van der Waals surface area contributed by atoms with E-state index in [1.54, 1.807) is 12.1 Å². The molecule has 3 heterocycles. The lowest BCUT2D eigenvalue weighted by Gasteiger charge is -2.13. The van der Waals surface area contributed by atoms with E-state index < -0.39 is 18.0 Å². The Balaban J connectivity index is 1.72. The summed E-state index contributed by atoms with van der Waals surface area (Å²) in [5.41, 5.74) is 0.556. The topological polar surface area (TPSA) is 94.3 Å². The zero-order valence-corrected chi connectivity index (χ0v) is 14.5. The molecule has 0 aliphatic rings. The fraction of sp³-hybridized carbons (Fsp3) is 0.0556. The Bertz CT molecular complexity index is 1180. The third-order valence-corrected chi connectivity index (χ3v) is 3.79. The van der Waals surface area contributed by atoms with Crippen molar-refractivity contribution in [3.8, 4) is 17.0 Å². The summed E-state index contributed by atoms with van der Waals surface area (Å²) in [7, 11) is 0. The molecule has 29 heavy (non-hydrogen) atoms. The van der Waals surface area contributed by atoms with Crippen molar-refractivity contribution >= 4 is 17.5 Å². The molecule has 0 bridgehead atoms. The van der Waals surface area contributed by atoms with Crippen molar-refractivity contribution in [1.29, 1.82) is 0 Å². The number of alkyl halides is 3. The Morgan fingerprint density at radius 3 is 2.59 bits per heavy atom. The van der Waals surface area contributed by atoms with Gasteiger partial charge in [0.25, 0.3) is 5.91 Å². The number of aromatic nitrogens is 5. The summed E-state index contributed by atoms with van der Waals surface area (Å²) >= 11 is 0. The van der Waals surface area contributed by atoms with Gasteiger partial charge in [0.2, 0.25) is 5.95 Å². The van der Waals surface area contributed by atoms with Crippen LogP contribution in [0.25, 0.3) is 16.9 Å². The number of para-hydroxylation sites is 1. The Morgan fingerprint density at radius 2 is 1.83 bits per heavy atom. The number of nitrogens with zero attached hydrogens (tertiary/aromatic N) is 5. The Morgan fingerprint density at radius 1 is 1.07 bits per heavy atom. The van der Waals surface area contributed by atoms with Gasteiger partial charge in [-0.2, -0.15) is 5.10 Å². The molecule has 0 aliphatic carbocycles. The van der Waals surface area contributed by atoms with Crippen LogP contribution < -0.4 is 10.1 Å². The van der Waals surface area contributed by atoms with E-state index in [1.165, 1.54) is 53.6 Å². The summed E-state index contributed by atoms with van der Waals surface area (Å²) in [5, 5.41) is 6.55. The number of nitrogens with one attached hydrogen (secondary N) is 1. The molecule has 0 unspecified atom stereocenters. The summed E-state index contributed by atoms with van der Waals surface area (Å²) in [6.07, 6.45) is 0.858. The average molecular weight is 400 g/mol. The number of fused-ring (bicyclic) bond motifs is 1. The van der Waals surface area contributed by atoms with Gasteiger partial charge in [-0.15, -0.1) is 13.2 Å². The molecule has 146 valence electrons. The molecule has 4 aromatic rings. The zero-order valence-electron chi connectivity index (χ0n) is 14.5. The predicted molar refractivity (Wildman–Crippen MR) is 95.1 cm³/mol. The van der Waals surface area contributed by atoms with Gasteiger partial charge in [0, 0.05) is 24.2 Å². The van der Waals surface area contributed by atoms with Crippen LogP contribution in [0.3, 0.4) is 0 Å². The van der Waals surface area contributed by atoms with Gasteiger partial charge in [-0.05, 0) is 24.3 Å². The van der Waals surface area contributed by atoms with E-state index in [4.69, 9.17) is 0 Å².